The second-order valence-corrected chi connectivity index (χ2v) is 3.88. The molecule has 12 heavy (non-hydrogen) atoms. The monoisotopic (exact) mass is 171 g/mol. The first-order valence-corrected chi connectivity index (χ1v) is 4.32. The van der Waals surface area contributed by atoms with Crippen LogP contribution in [0, 0.1) is 0 Å². The van der Waals surface area contributed by atoms with Crippen LogP contribution in [0.15, 0.2) is 0 Å². The molecule has 1 unspecified atom stereocenters. The molecule has 2 aliphatic heterocycles. The zero-order chi connectivity index (χ0) is 8.77. The van der Waals surface area contributed by atoms with Gasteiger partial charge < -0.3 is 15.5 Å². The summed E-state index contributed by atoms with van der Waals surface area (Å²) in [5.41, 5.74) is -1.46. The second-order valence-electron chi connectivity index (χ2n) is 3.88. The molecule has 2 bridgehead atoms. The minimum atomic E-state index is -1.46. The Bertz CT molecular complexity index is 204. The number of carbonyl (C=O) groups is 1. The minimum Gasteiger partial charge on any atom is -0.479 e. The van der Waals surface area contributed by atoms with Gasteiger partial charge in [0.25, 0.3) is 0 Å². The van der Waals surface area contributed by atoms with Crippen molar-refractivity contribution in [3.05, 3.63) is 0 Å². The van der Waals surface area contributed by atoms with Crippen LogP contribution in [0.5, 0.6) is 0 Å². The Morgan fingerprint density at radius 3 is 2.25 bits per heavy atom. The van der Waals surface area contributed by atoms with Gasteiger partial charge in [0.1, 0.15) is 0 Å². The lowest BCUT2D eigenvalue weighted by molar-refractivity contribution is -0.162. The highest BCUT2D eigenvalue weighted by molar-refractivity contribution is 5.77. The van der Waals surface area contributed by atoms with E-state index in [0.717, 1.165) is 12.8 Å². The van der Waals surface area contributed by atoms with Gasteiger partial charge in [-0.3, -0.25) is 0 Å². The standard InChI is InChI=1S/C8H13NO3/c10-7(11)8(12)3-5-1-2-6(4-8)9-5/h5-6,9,12H,1-4H2,(H,10,11)/t5-,6+,8?. The highest BCUT2D eigenvalue weighted by Gasteiger charge is 2.47. The number of aliphatic carboxylic acids is 1. The number of aliphatic hydroxyl groups is 1. The molecule has 68 valence electrons. The van der Waals surface area contributed by atoms with Crippen molar-refractivity contribution in [2.24, 2.45) is 0 Å². The maximum atomic E-state index is 10.7. The Kier molecular flexibility index (Phi) is 1.63. The van der Waals surface area contributed by atoms with Crippen LogP contribution >= 0.6 is 0 Å². The average molecular weight is 171 g/mol. The molecule has 3 atom stereocenters. The normalized spacial score (nSPS) is 46.1. The van der Waals surface area contributed by atoms with Crippen LogP contribution in [0.4, 0.5) is 0 Å². The minimum absolute atomic E-state index is 0.213. The van der Waals surface area contributed by atoms with E-state index < -0.39 is 11.6 Å². The van der Waals surface area contributed by atoms with Crippen molar-refractivity contribution in [3.8, 4) is 0 Å². The Morgan fingerprint density at radius 1 is 1.33 bits per heavy atom. The number of carboxylic acid groups (broad SMARTS) is 1. The first-order chi connectivity index (χ1) is 5.60. The lowest BCUT2D eigenvalue weighted by atomic mass is 9.88. The molecule has 2 saturated heterocycles. The number of piperidine rings is 1. The highest BCUT2D eigenvalue weighted by atomic mass is 16.4. The summed E-state index contributed by atoms with van der Waals surface area (Å²) >= 11 is 0. The number of carboxylic acids is 1. The lowest BCUT2D eigenvalue weighted by Crippen LogP contribution is -2.52. The van der Waals surface area contributed by atoms with E-state index in [-0.39, 0.29) is 12.1 Å². The van der Waals surface area contributed by atoms with Gasteiger partial charge in [0.05, 0.1) is 0 Å². The van der Waals surface area contributed by atoms with E-state index in [1.807, 2.05) is 0 Å². The number of hydrogen-bond donors (Lipinski definition) is 3. The molecule has 0 amide bonds. The fraction of sp³-hybridized carbons (Fsp3) is 0.875. The molecular weight excluding hydrogens is 158 g/mol. The summed E-state index contributed by atoms with van der Waals surface area (Å²) in [6.45, 7) is 0. The van der Waals surface area contributed by atoms with Gasteiger partial charge in [0.2, 0.25) is 0 Å². The Labute approximate surface area is 70.6 Å². The SMILES string of the molecule is O=C(O)C1(O)C[C@H]2CC[C@@H](C1)N2. The zero-order valence-electron chi connectivity index (χ0n) is 6.79. The molecule has 2 rings (SSSR count). The summed E-state index contributed by atoms with van der Waals surface area (Å²) in [6, 6.07) is 0.426. The van der Waals surface area contributed by atoms with Gasteiger partial charge in [0.15, 0.2) is 5.60 Å². The molecule has 2 aliphatic rings. The molecule has 4 heteroatoms. The highest BCUT2D eigenvalue weighted by Crippen LogP contribution is 2.33. The quantitative estimate of drug-likeness (QED) is 0.507. The maximum Gasteiger partial charge on any atom is 0.335 e. The first kappa shape index (κ1) is 8.01. The fourth-order valence-electron chi connectivity index (χ4n) is 2.30. The zero-order valence-corrected chi connectivity index (χ0v) is 6.79. The molecule has 2 heterocycles. The number of hydrogen-bond acceptors (Lipinski definition) is 3. The van der Waals surface area contributed by atoms with Crippen LogP contribution in [0.1, 0.15) is 25.7 Å². The number of rotatable bonds is 1. The molecule has 3 N–H and O–H groups in total. The van der Waals surface area contributed by atoms with Crippen molar-refractivity contribution in [1.82, 2.24) is 5.32 Å². The second kappa shape index (κ2) is 2.44. The Hall–Kier alpha value is -0.610. The lowest BCUT2D eigenvalue weighted by Gasteiger charge is -2.33. The molecule has 0 aromatic rings. The van der Waals surface area contributed by atoms with Crippen molar-refractivity contribution in [3.63, 3.8) is 0 Å². The van der Waals surface area contributed by atoms with Crippen molar-refractivity contribution in [2.75, 3.05) is 0 Å². The van der Waals surface area contributed by atoms with Crippen LogP contribution in [-0.2, 0) is 4.79 Å². The van der Waals surface area contributed by atoms with E-state index >= 15 is 0 Å². The Balaban J connectivity index is 2.15. The van der Waals surface area contributed by atoms with E-state index in [4.69, 9.17) is 5.11 Å². The fourth-order valence-corrected chi connectivity index (χ4v) is 2.30. The van der Waals surface area contributed by atoms with Crippen molar-refractivity contribution in [1.29, 1.82) is 0 Å². The van der Waals surface area contributed by atoms with Gasteiger partial charge in [-0.25, -0.2) is 4.79 Å². The Morgan fingerprint density at radius 2 is 1.83 bits per heavy atom. The van der Waals surface area contributed by atoms with Crippen molar-refractivity contribution in [2.45, 2.75) is 43.4 Å². The summed E-state index contributed by atoms with van der Waals surface area (Å²) in [7, 11) is 0. The summed E-state index contributed by atoms with van der Waals surface area (Å²) in [5, 5.41) is 21.7. The number of fused-ring (bicyclic) bond motifs is 2. The predicted molar refractivity (Wildman–Crippen MR) is 41.8 cm³/mol. The summed E-state index contributed by atoms with van der Waals surface area (Å²) in [6.07, 6.45) is 2.72. The molecule has 0 aliphatic carbocycles. The molecule has 0 spiro atoms. The molecule has 0 aromatic carbocycles. The van der Waals surface area contributed by atoms with Gasteiger partial charge in [0, 0.05) is 24.9 Å². The third kappa shape index (κ3) is 1.11. The van der Waals surface area contributed by atoms with Crippen LogP contribution < -0.4 is 5.32 Å². The first-order valence-electron chi connectivity index (χ1n) is 4.32. The van der Waals surface area contributed by atoms with Crippen molar-refractivity contribution >= 4 is 5.97 Å². The average Bonchev–Trinajstić information content (AvgIpc) is 2.30. The summed E-state index contributed by atoms with van der Waals surface area (Å²) in [5.74, 6) is -1.07. The summed E-state index contributed by atoms with van der Waals surface area (Å²) < 4.78 is 0. The van der Waals surface area contributed by atoms with Gasteiger partial charge in [-0.05, 0) is 12.8 Å². The maximum absolute atomic E-state index is 10.7. The van der Waals surface area contributed by atoms with E-state index in [2.05, 4.69) is 5.32 Å². The number of nitrogens with one attached hydrogen (secondary N) is 1. The molecular formula is C8H13NO3. The topological polar surface area (TPSA) is 69.6 Å². The third-order valence-electron chi connectivity index (χ3n) is 2.90. The molecule has 0 saturated carbocycles. The molecule has 0 radical (unpaired) electrons. The molecule has 2 fully saturated rings. The third-order valence-corrected chi connectivity index (χ3v) is 2.90. The van der Waals surface area contributed by atoms with E-state index in [9.17, 15) is 9.90 Å². The van der Waals surface area contributed by atoms with Crippen molar-refractivity contribution < 1.29 is 15.0 Å². The van der Waals surface area contributed by atoms with E-state index in [0.29, 0.717) is 12.8 Å². The molecule has 4 nitrogen and oxygen atoms in total. The van der Waals surface area contributed by atoms with Crippen LogP contribution in [0.3, 0.4) is 0 Å². The van der Waals surface area contributed by atoms with Crippen LogP contribution in [0.25, 0.3) is 0 Å². The smallest absolute Gasteiger partial charge is 0.335 e. The largest absolute Gasteiger partial charge is 0.479 e. The van der Waals surface area contributed by atoms with Gasteiger partial charge in [-0.1, -0.05) is 0 Å². The predicted octanol–water partition coefficient (Wildman–Crippen LogP) is -0.284. The summed E-state index contributed by atoms with van der Waals surface area (Å²) in [4.78, 5) is 10.7. The van der Waals surface area contributed by atoms with E-state index in [1.54, 1.807) is 0 Å². The van der Waals surface area contributed by atoms with Gasteiger partial charge in [-0.2, -0.15) is 0 Å². The van der Waals surface area contributed by atoms with Gasteiger partial charge in [-0.15, -0.1) is 0 Å². The van der Waals surface area contributed by atoms with Gasteiger partial charge >= 0.3 is 5.97 Å². The molecule has 0 aromatic heterocycles. The van der Waals surface area contributed by atoms with E-state index in [1.165, 1.54) is 0 Å². The van der Waals surface area contributed by atoms with Crippen LogP contribution in [0.2, 0.25) is 0 Å². The van der Waals surface area contributed by atoms with Crippen LogP contribution in [-0.4, -0.2) is 33.9 Å².